The largest absolute Gasteiger partial charge is 0.480 e. The number of nitrogens with one attached hydrogen (secondary N) is 1. The van der Waals surface area contributed by atoms with Gasteiger partial charge in [0, 0.05) is 23.5 Å². The Morgan fingerprint density at radius 2 is 1.83 bits per heavy atom. The number of H-pyrrole nitrogens is 1. The number of aliphatic carboxylic acids is 1. The summed E-state index contributed by atoms with van der Waals surface area (Å²) in [5.41, 5.74) is 3.43. The number of halogens is 1. The first kappa shape index (κ1) is 27.4. The highest BCUT2D eigenvalue weighted by Crippen LogP contribution is 2.39. The Morgan fingerprint density at radius 1 is 1.12 bits per heavy atom. The number of aromatic nitrogens is 3. The number of aromatic amines is 1. The van der Waals surface area contributed by atoms with E-state index in [9.17, 15) is 19.1 Å². The summed E-state index contributed by atoms with van der Waals surface area (Å²) in [4.78, 5) is 30.7. The highest BCUT2D eigenvalue weighted by atomic mass is 32.2. The van der Waals surface area contributed by atoms with Crippen LogP contribution in [0.1, 0.15) is 16.8 Å². The second-order valence-electron chi connectivity index (χ2n) is 9.58. The monoisotopic (exact) mass is 598 g/mol. The summed E-state index contributed by atoms with van der Waals surface area (Å²) in [6.07, 6.45) is 3.45. The van der Waals surface area contributed by atoms with Gasteiger partial charge >= 0.3 is 5.97 Å². The number of hydrogen-bond donors (Lipinski definition) is 2. The standard InChI is InChI=1S/C31H23FN4O4S2/c1-18-24(29(40-22-13-11-20(32)12-14-22)36(34-18)21-7-3-2-4-8-21)16-27-28(37)35(31(41)42-27)26(30(38)39)15-19-17-33-25-10-6-5-9-23(19)25/h2-14,16-17,26,33H,15H2,1H3,(H,38,39)/b27-16-/t26-/m0/s1. The Balaban J connectivity index is 1.37. The van der Waals surface area contributed by atoms with Crippen molar-refractivity contribution in [3.05, 3.63) is 113 Å². The number of thiocarbonyl (C=S) groups is 1. The van der Waals surface area contributed by atoms with Gasteiger partial charge in [0.15, 0.2) is 0 Å². The quantitative estimate of drug-likeness (QED) is 0.156. The van der Waals surface area contributed by atoms with E-state index in [1.807, 2.05) is 54.6 Å². The predicted molar refractivity (Wildman–Crippen MR) is 163 cm³/mol. The van der Waals surface area contributed by atoms with Crippen molar-refractivity contribution in [2.75, 3.05) is 0 Å². The second-order valence-corrected chi connectivity index (χ2v) is 11.3. The molecule has 3 aromatic carbocycles. The lowest BCUT2D eigenvalue weighted by Crippen LogP contribution is -2.45. The van der Waals surface area contributed by atoms with E-state index in [1.165, 1.54) is 24.3 Å². The molecular formula is C31H23FN4O4S2. The predicted octanol–water partition coefficient (Wildman–Crippen LogP) is 6.49. The Bertz CT molecular complexity index is 1870. The molecule has 1 atom stereocenters. The number of amides is 1. The zero-order valence-corrected chi connectivity index (χ0v) is 23.8. The molecule has 0 aliphatic carbocycles. The smallest absolute Gasteiger partial charge is 0.327 e. The normalized spacial score (nSPS) is 15.1. The van der Waals surface area contributed by atoms with E-state index < -0.39 is 23.7 Å². The maximum Gasteiger partial charge on any atom is 0.327 e. The van der Waals surface area contributed by atoms with Crippen LogP contribution in [0.5, 0.6) is 11.6 Å². The van der Waals surface area contributed by atoms with Crippen molar-refractivity contribution in [2.45, 2.75) is 19.4 Å². The topological polar surface area (TPSA) is 100 Å². The molecule has 2 aromatic heterocycles. The zero-order chi connectivity index (χ0) is 29.4. The van der Waals surface area contributed by atoms with Crippen molar-refractivity contribution in [2.24, 2.45) is 0 Å². The number of carbonyl (C=O) groups is 2. The molecule has 5 aromatic rings. The first-order valence-corrected chi connectivity index (χ1v) is 14.2. The van der Waals surface area contributed by atoms with Crippen LogP contribution in [-0.2, 0) is 16.0 Å². The molecule has 1 aliphatic rings. The number of thioether (sulfide) groups is 1. The minimum Gasteiger partial charge on any atom is -0.480 e. The average Bonchev–Trinajstić information content (AvgIpc) is 3.62. The van der Waals surface area contributed by atoms with Crippen LogP contribution in [0.15, 0.2) is 90.0 Å². The van der Waals surface area contributed by atoms with Crippen LogP contribution in [0.4, 0.5) is 4.39 Å². The number of para-hydroxylation sites is 2. The molecule has 1 saturated heterocycles. The van der Waals surface area contributed by atoms with Gasteiger partial charge in [0.25, 0.3) is 5.91 Å². The highest BCUT2D eigenvalue weighted by molar-refractivity contribution is 8.26. The summed E-state index contributed by atoms with van der Waals surface area (Å²) in [7, 11) is 0. The van der Waals surface area contributed by atoms with E-state index in [2.05, 4.69) is 10.1 Å². The van der Waals surface area contributed by atoms with Gasteiger partial charge in [0.1, 0.15) is 21.9 Å². The van der Waals surface area contributed by atoms with Crippen LogP contribution in [0.3, 0.4) is 0 Å². The first-order chi connectivity index (χ1) is 20.3. The average molecular weight is 599 g/mol. The molecule has 11 heteroatoms. The molecule has 6 rings (SSSR count). The lowest BCUT2D eigenvalue weighted by molar-refractivity contribution is -0.145. The molecule has 1 fully saturated rings. The molecule has 0 bridgehead atoms. The number of fused-ring (bicyclic) bond motifs is 1. The van der Waals surface area contributed by atoms with E-state index in [0.717, 1.165) is 38.8 Å². The third kappa shape index (κ3) is 5.19. The van der Waals surface area contributed by atoms with Crippen molar-refractivity contribution < 1.29 is 23.8 Å². The molecule has 2 N–H and O–H groups in total. The minimum absolute atomic E-state index is 0.0724. The van der Waals surface area contributed by atoms with Gasteiger partial charge in [0.2, 0.25) is 5.88 Å². The number of carboxylic acids is 1. The van der Waals surface area contributed by atoms with Gasteiger partial charge in [-0.05, 0) is 61.0 Å². The van der Waals surface area contributed by atoms with E-state index in [0.29, 0.717) is 22.9 Å². The van der Waals surface area contributed by atoms with Crippen molar-refractivity contribution in [1.82, 2.24) is 19.7 Å². The minimum atomic E-state index is -1.20. The number of benzene rings is 3. The van der Waals surface area contributed by atoms with E-state index in [1.54, 1.807) is 23.9 Å². The summed E-state index contributed by atoms with van der Waals surface area (Å²) in [6, 6.07) is 21.2. The van der Waals surface area contributed by atoms with Gasteiger partial charge < -0.3 is 14.8 Å². The fourth-order valence-electron chi connectivity index (χ4n) is 4.82. The third-order valence-electron chi connectivity index (χ3n) is 6.88. The first-order valence-electron chi connectivity index (χ1n) is 12.9. The SMILES string of the molecule is Cc1nn(-c2ccccc2)c(Oc2ccc(F)cc2)c1/C=C1\SC(=S)N([C@@H](Cc2c[nH]c3ccccc23)C(=O)O)C1=O. The van der Waals surface area contributed by atoms with Crippen molar-refractivity contribution >= 4 is 57.2 Å². The fourth-order valence-corrected chi connectivity index (χ4v) is 6.16. The number of rotatable bonds is 8. The summed E-state index contributed by atoms with van der Waals surface area (Å²) in [5, 5.41) is 15.7. The molecule has 8 nitrogen and oxygen atoms in total. The van der Waals surface area contributed by atoms with Gasteiger partial charge in [-0.1, -0.05) is 60.4 Å². The molecule has 1 amide bonds. The molecule has 0 saturated carbocycles. The van der Waals surface area contributed by atoms with Crippen molar-refractivity contribution in [3.63, 3.8) is 0 Å². The van der Waals surface area contributed by atoms with Crippen LogP contribution < -0.4 is 4.74 Å². The second kappa shape index (κ2) is 11.3. The Morgan fingerprint density at radius 3 is 2.57 bits per heavy atom. The van der Waals surface area contributed by atoms with Crippen LogP contribution >= 0.6 is 24.0 Å². The van der Waals surface area contributed by atoms with Crippen LogP contribution in [0.2, 0.25) is 0 Å². The number of carbonyl (C=O) groups excluding carboxylic acids is 1. The Hall–Kier alpha value is -4.74. The van der Waals surface area contributed by atoms with Gasteiger partial charge in [-0.25, -0.2) is 9.18 Å². The molecule has 210 valence electrons. The summed E-state index contributed by atoms with van der Waals surface area (Å²) < 4.78 is 21.5. The van der Waals surface area contributed by atoms with E-state index >= 15 is 0 Å². The molecule has 0 unspecified atom stereocenters. The summed E-state index contributed by atoms with van der Waals surface area (Å²) in [6.45, 7) is 1.78. The van der Waals surface area contributed by atoms with E-state index in [-0.39, 0.29) is 15.6 Å². The van der Waals surface area contributed by atoms with Gasteiger partial charge in [-0.3, -0.25) is 9.69 Å². The Labute approximate surface area is 249 Å². The molecule has 0 spiro atoms. The highest BCUT2D eigenvalue weighted by Gasteiger charge is 2.41. The van der Waals surface area contributed by atoms with Crippen LogP contribution in [-0.4, -0.2) is 47.0 Å². The number of hydrogen-bond acceptors (Lipinski definition) is 6. The number of carboxylic acid groups (broad SMARTS) is 1. The fraction of sp³-hybridized carbons (Fsp3) is 0.0968. The Kier molecular flexibility index (Phi) is 7.36. The zero-order valence-electron chi connectivity index (χ0n) is 22.2. The third-order valence-corrected chi connectivity index (χ3v) is 8.21. The number of aryl methyl sites for hydroxylation is 1. The number of ether oxygens (including phenoxy) is 1. The summed E-state index contributed by atoms with van der Waals surface area (Å²) in [5.74, 6) is -1.40. The van der Waals surface area contributed by atoms with Crippen LogP contribution in [0.25, 0.3) is 22.7 Å². The van der Waals surface area contributed by atoms with Gasteiger partial charge in [-0.15, -0.1) is 0 Å². The number of nitrogens with zero attached hydrogens (tertiary/aromatic N) is 3. The summed E-state index contributed by atoms with van der Waals surface area (Å²) >= 11 is 6.56. The molecule has 0 radical (unpaired) electrons. The maximum absolute atomic E-state index is 13.7. The molecule has 3 heterocycles. The molecule has 42 heavy (non-hydrogen) atoms. The van der Waals surface area contributed by atoms with Crippen LogP contribution in [0, 0.1) is 12.7 Å². The van der Waals surface area contributed by atoms with E-state index in [4.69, 9.17) is 17.0 Å². The van der Waals surface area contributed by atoms with Crippen molar-refractivity contribution in [1.29, 1.82) is 0 Å². The van der Waals surface area contributed by atoms with Gasteiger partial charge in [0.05, 0.1) is 21.8 Å². The van der Waals surface area contributed by atoms with Crippen molar-refractivity contribution in [3.8, 4) is 17.3 Å². The molecule has 1 aliphatic heterocycles. The lowest BCUT2D eigenvalue weighted by Gasteiger charge is -2.23. The van der Waals surface area contributed by atoms with Gasteiger partial charge in [-0.2, -0.15) is 9.78 Å². The molecular weight excluding hydrogens is 575 g/mol. The lowest BCUT2D eigenvalue weighted by atomic mass is 10.0. The maximum atomic E-state index is 13.7.